The van der Waals surface area contributed by atoms with Crippen LogP contribution in [-0.4, -0.2) is 25.5 Å². The van der Waals surface area contributed by atoms with Crippen molar-refractivity contribution in [2.45, 2.75) is 45.1 Å². The van der Waals surface area contributed by atoms with Crippen molar-refractivity contribution in [3.63, 3.8) is 0 Å². The van der Waals surface area contributed by atoms with Gasteiger partial charge in [-0.05, 0) is 24.5 Å². The fourth-order valence-electron chi connectivity index (χ4n) is 1.67. The Morgan fingerprint density at radius 3 is 2.15 bits per heavy atom. The molecule has 0 saturated heterocycles. The van der Waals surface area contributed by atoms with Gasteiger partial charge in [-0.1, -0.05) is 38.5 Å². The fraction of sp³-hybridized carbons (Fsp3) is 0.500. The van der Waals surface area contributed by atoms with Crippen molar-refractivity contribution >= 4 is 16.0 Å². The second-order valence-electron chi connectivity index (χ2n) is 5.95. The molecule has 2 N–H and O–H groups in total. The third kappa shape index (κ3) is 4.61. The fourth-order valence-corrected chi connectivity index (χ4v) is 3.11. The molecule has 1 atom stereocenters. The number of carboxylic acids is 1. The van der Waals surface area contributed by atoms with Gasteiger partial charge < -0.3 is 5.11 Å². The van der Waals surface area contributed by atoms with Crippen molar-refractivity contribution in [2.75, 3.05) is 0 Å². The highest BCUT2D eigenvalue weighted by Gasteiger charge is 2.31. The Balaban J connectivity index is 3.03. The number of hydrogen-bond donors (Lipinski definition) is 2. The monoisotopic (exact) mass is 299 g/mol. The third-order valence-electron chi connectivity index (χ3n) is 3.05. The van der Waals surface area contributed by atoms with Crippen LogP contribution in [-0.2, 0) is 14.8 Å². The zero-order valence-corrected chi connectivity index (χ0v) is 13.0. The normalized spacial score (nSPS) is 14.0. The minimum atomic E-state index is -3.72. The smallest absolute Gasteiger partial charge is 0.304 e. The van der Waals surface area contributed by atoms with Crippen LogP contribution < -0.4 is 4.72 Å². The molecule has 0 spiro atoms. The van der Waals surface area contributed by atoms with Crippen LogP contribution in [0.2, 0.25) is 0 Å². The molecular formula is C14H21NO4S. The van der Waals surface area contributed by atoms with Crippen LogP contribution in [0.4, 0.5) is 0 Å². The standard InChI is InChI=1S/C14H21NO4S/c1-10-5-7-11(8-6-10)20(18,19)15-12(9-13(16)17)14(2,3)4/h5-8,12,15H,9H2,1-4H3,(H,16,17). The summed E-state index contributed by atoms with van der Waals surface area (Å²) in [6, 6.07) is 5.76. The molecule has 1 unspecified atom stereocenters. The lowest BCUT2D eigenvalue weighted by atomic mass is 9.85. The number of carboxylic acid groups (broad SMARTS) is 1. The molecule has 0 aliphatic rings. The average molecular weight is 299 g/mol. The number of benzene rings is 1. The first-order valence-electron chi connectivity index (χ1n) is 6.33. The maximum Gasteiger partial charge on any atom is 0.304 e. The third-order valence-corrected chi connectivity index (χ3v) is 4.54. The topological polar surface area (TPSA) is 83.5 Å². The SMILES string of the molecule is Cc1ccc(S(=O)(=O)NC(CC(=O)O)C(C)(C)C)cc1. The minimum Gasteiger partial charge on any atom is -0.481 e. The lowest BCUT2D eigenvalue weighted by Gasteiger charge is -2.30. The lowest BCUT2D eigenvalue weighted by molar-refractivity contribution is -0.138. The number of sulfonamides is 1. The van der Waals surface area contributed by atoms with E-state index in [9.17, 15) is 13.2 Å². The van der Waals surface area contributed by atoms with Crippen molar-refractivity contribution in [2.24, 2.45) is 5.41 Å². The summed E-state index contributed by atoms with van der Waals surface area (Å²) in [4.78, 5) is 11.0. The van der Waals surface area contributed by atoms with E-state index in [1.54, 1.807) is 32.9 Å². The van der Waals surface area contributed by atoms with Crippen LogP contribution in [0.1, 0.15) is 32.8 Å². The first-order chi connectivity index (χ1) is 9.02. The Labute approximate surface area is 120 Å². The molecule has 6 heteroatoms. The van der Waals surface area contributed by atoms with E-state index in [-0.39, 0.29) is 11.3 Å². The maximum absolute atomic E-state index is 12.3. The summed E-state index contributed by atoms with van der Waals surface area (Å²) in [7, 11) is -3.72. The van der Waals surface area contributed by atoms with E-state index in [2.05, 4.69) is 4.72 Å². The Kier molecular flexibility index (Phi) is 4.94. The number of hydrogen-bond acceptors (Lipinski definition) is 3. The molecular weight excluding hydrogens is 278 g/mol. The van der Waals surface area contributed by atoms with Crippen LogP contribution in [0, 0.1) is 12.3 Å². The summed E-state index contributed by atoms with van der Waals surface area (Å²) in [5.74, 6) is -1.03. The molecule has 20 heavy (non-hydrogen) atoms. The number of aryl methyl sites for hydroxylation is 1. The van der Waals surface area contributed by atoms with Gasteiger partial charge >= 0.3 is 5.97 Å². The van der Waals surface area contributed by atoms with Gasteiger partial charge in [0.05, 0.1) is 11.3 Å². The van der Waals surface area contributed by atoms with E-state index in [0.717, 1.165) is 5.56 Å². The molecule has 0 bridgehead atoms. The van der Waals surface area contributed by atoms with Gasteiger partial charge in [0.2, 0.25) is 10.0 Å². The second-order valence-corrected chi connectivity index (χ2v) is 7.66. The van der Waals surface area contributed by atoms with Gasteiger partial charge in [-0.15, -0.1) is 0 Å². The molecule has 1 aromatic rings. The quantitative estimate of drug-likeness (QED) is 0.872. The Bertz CT molecular complexity index is 570. The highest BCUT2D eigenvalue weighted by atomic mass is 32.2. The summed E-state index contributed by atoms with van der Waals surface area (Å²) in [5, 5.41) is 8.92. The number of aliphatic carboxylic acids is 1. The van der Waals surface area contributed by atoms with Gasteiger partial charge in [-0.25, -0.2) is 13.1 Å². The van der Waals surface area contributed by atoms with E-state index in [4.69, 9.17) is 5.11 Å². The van der Waals surface area contributed by atoms with Crippen LogP contribution >= 0.6 is 0 Å². The summed E-state index contributed by atoms with van der Waals surface area (Å²) >= 11 is 0. The van der Waals surface area contributed by atoms with Crippen molar-refractivity contribution in [1.82, 2.24) is 4.72 Å². The van der Waals surface area contributed by atoms with Crippen LogP contribution in [0.5, 0.6) is 0 Å². The number of nitrogens with one attached hydrogen (secondary N) is 1. The Hall–Kier alpha value is -1.40. The van der Waals surface area contributed by atoms with Crippen molar-refractivity contribution in [3.05, 3.63) is 29.8 Å². The molecule has 0 fully saturated rings. The molecule has 0 saturated carbocycles. The van der Waals surface area contributed by atoms with Gasteiger partial charge in [-0.2, -0.15) is 0 Å². The van der Waals surface area contributed by atoms with Crippen molar-refractivity contribution in [1.29, 1.82) is 0 Å². The van der Waals surface area contributed by atoms with Crippen LogP contribution in [0.25, 0.3) is 0 Å². The molecule has 0 radical (unpaired) electrons. The lowest BCUT2D eigenvalue weighted by Crippen LogP contribution is -2.44. The summed E-state index contributed by atoms with van der Waals surface area (Å²) in [6.07, 6.45) is -0.255. The van der Waals surface area contributed by atoms with E-state index in [1.165, 1.54) is 12.1 Å². The average Bonchev–Trinajstić information content (AvgIpc) is 2.26. The summed E-state index contributed by atoms with van der Waals surface area (Å²) in [6.45, 7) is 7.28. The molecule has 0 amide bonds. The molecule has 1 aromatic carbocycles. The summed E-state index contributed by atoms with van der Waals surface area (Å²) in [5.41, 5.74) is 0.470. The molecule has 0 aromatic heterocycles. The van der Waals surface area contributed by atoms with Gasteiger partial charge in [0, 0.05) is 6.04 Å². The molecule has 112 valence electrons. The second kappa shape index (κ2) is 5.93. The van der Waals surface area contributed by atoms with Gasteiger partial charge in [-0.3, -0.25) is 4.79 Å². The van der Waals surface area contributed by atoms with Gasteiger partial charge in [0.1, 0.15) is 0 Å². The maximum atomic E-state index is 12.3. The first kappa shape index (κ1) is 16.7. The van der Waals surface area contributed by atoms with Crippen molar-refractivity contribution in [3.8, 4) is 0 Å². The zero-order chi connectivity index (χ0) is 15.6. The Morgan fingerprint density at radius 1 is 1.25 bits per heavy atom. The molecule has 1 rings (SSSR count). The minimum absolute atomic E-state index is 0.141. The number of rotatable bonds is 5. The Morgan fingerprint density at radius 2 is 1.75 bits per heavy atom. The van der Waals surface area contributed by atoms with E-state index in [0.29, 0.717) is 0 Å². The van der Waals surface area contributed by atoms with Gasteiger partial charge in [0.25, 0.3) is 0 Å². The zero-order valence-electron chi connectivity index (χ0n) is 12.2. The molecule has 0 aliphatic heterocycles. The highest BCUT2D eigenvalue weighted by molar-refractivity contribution is 7.89. The van der Waals surface area contributed by atoms with Crippen LogP contribution in [0.15, 0.2) is 29.2 Å². The molecule has 0 aliphatic carbocycles. The first-order valence-corrected chi connectivity index (χ1v) is 7.81. The van der Waals surface area contributed by atoms with Crippen LogP contribution in [0.3, 0.4) is 0 Å². The summed E-state index contributed by atoms with van der Waals surface area (Å²) < 4.78 is 27.0. The van der Waals surface area contributed by atoms with Crippen molar-refractivity contribution < 1.29 is 18.3 Å². The van der Waals surface area contributed by atoms with Gasteiger partial charge in [0.15, 0.2) is 0 Å². The highest BCUT2D eigenvalue weighted by Crippen LogP contribution is 2.24. The largest absolute Gasteiger partial charge is 0.481 e. The van der Waals surface area contributed by atoms with E-state index >= 15 is 0 Å². The number of carbonyl (C=O) groups is 1. The molecule has 0 heterocycles. The van der Waals surface area contributed by atoms with E-state index < -0.39 is 27.4 Å². The molecule has 5 nitrogen and oxygen atoms in total. The predicted molar refractivity (Wildman–Crippen MR) is 77.0 cm³/mol. The predicted octanol–water partition coefficient (Wildman–Crippen LogP) is 2.16. The van der Waals surface area contributed by atoms with E-state index in [1.807, 2.05) is 6.92 Å².